The fourth-order valence-electron chi connectivity index (χ4n) is 5.21. The number of hydrogen-bond acceptors (Lipinski definition) is 4. The number of nitrogens with one attached hydrogen (secondary N) is 1. The van der Waals surface area contributed by atoms with Crippen molar-refractivity contribution in [3.63, 3.8) is 0 Å². The maximum Gasteiger partial charge on any atom is 0.339 e. The van der Waals surface area contributed by atoms with E-state index in [9.17, 15) is 14.0 Å². The lowest BCUT2D eigenvalue weighted by atomic mass is 10.0. The number of fused-ring (bicyclic) bond motifs is 3. The van der Waals surface area contributed by atoms with Crippen LogP contribution in [0.15, 0.2) is 97.2 Å². The maximum atomic E-state index is 14.1. The summed E-state index contributed by atoms with van der Waals surface area (Å²) in [5, 5.41) is 7.77. The summed E-state index contributed by atoms with van der Waals surface area (Å²) in [5.41, 5.74) is 4.62. The van der Waals surface area contributed by atoms with Gasteiger partial charge >= 0.3 is 12.0 Å². The maximum absolute atomic E-state index is 14.1. The van der Waals surface area contributed by atoms with Gasteiger partial charge in [-0.25, -0.2) is 18.7 Å². The van der Waals surface area contributed by atoms with Gasteiger partial charge in [-0.1, -0.05) is 42.5 Å². The number of anilines is 1. The minimum Gasteiger partial charge on any atom is -0.465 e. The number of carbonyl (C=O) groups is 2. The number of methoxy groups -OCH3 is 1. The summed E-state index contributed by atoms with van der Waals surface area (Å²) in [6.07, 6.45) is 1.94. The summed E-state index contributed by atoms with van der Waals surface area (Å²) in [6, 6.07) is 25.5. The van der Waals surface area contributed by atoms with Gasteiger partial charge in [0.05, 0.1) is 48.0 Å². The molecule has 5 aromatic rings. The molecule has 2 aromatic heterocycles. The molecular weight excluding hydrogens is 509 g/mol. The SMILES string of the molecule is COC(=O)c1ccccc1NC(=O)N1Cc2c(C)nn(-c3ccccc3)c2-n2cccc2C1c1ccc(F)cc1. The molecule has 8 nitrogen and oxygen atoms in total. The second-order valence-corrected chi connectivity index (χ2v) is 9.49. The molecule has 9 heteroatoms. The third-order valence-electron chi connectivity index (χ3n) is 7.11. The van der Waals surface area contributed by atoms with Crippen molar-refractivity contribution in [2.45, 2.75) is 19.5 Å². The predicted octanol–water partition coefficient (Wildman–Crippen LogP) is 6.03. The minimum atomic E-state index is -0.572. The van der Waals surface area contributed by atoms with Crippen molar-refractivity contribution in [3.05, 3.63) is 131 Å². The summed E-state index contributed by atoms with van der Waals surface area (Å²) in [4.78, 5) is 28.2. The largest absolute Gasteiger partial charge is 0.465 e. The highest BCUT2D eigenvalue weighted by Crippen LogP contribution is 2.39. The number of aryl methyl sites for hydroxylation is 1. The van der Waals surface area contributed by atoms with Crippen LogP contribution in [0.2, 0.25) is 0 Å². The average molecular weight is 536 g/mol. The Labute approximate surface area is 230 Å². The number of esters is 1. The van der Waals surface area contributed by atoms with Crippen molar-refractivity contribution in [3.8, 4) is 11.5 Å². The molecule has 2 amide bonds. The lowest BCUT2D eigenvalue weighted by Crippen LogP contribution is -2.38. The molecule has 40 heavy (non-hydrogen) atoms. The number of benzene rings is 3. The number of carbonyl (C=O) groups excluding carboxylic acids is 2. The van der Waals surface area contributed by atoms with E-state index in [0.717, 1.165) is 34.0 Å². The number of ether oxygens (including phenoxy) is 1. The molecule has 3 aromatic carbocycles. The first-order valence-corrected chi connectivity index (χ1v) is 12.8. The smallest absolute Gasteiger partial charge is 0.339 e. The standard InChI is InChI=1S/C31H26FN5O3/c1-20-25-19-36(31(39)33-26-12-7-6-11-24(26)30(38)40-2)28(21-14-16-22(32)17-15-21)27-13-8-18-35(27)29(25)37(34-20)23-9-4-3-5-10-23/h3-18,28H,19H2,1-2H3,(H,33,39). The highest BCUT2D eigenvalue weighted by atomic mass is 19.1. The van der Waals surface area contributed by atoms with Crippen LogP contribution in [0.4, 0.5) is 14.9 Å². The zero-order valence-electron chi connectivity index (χ0n) is 21.9. The summed E-state index contributed by atoms with van der Waals surface area (Å²) >= 11 is 0. The number of aromatic nitrogens is 3. The first-order valence-electron chi connectivity index (χ1n) is 12.8. The predicted molar refractivity (Wildman–Crippen MR) is 148 cm³/mol. The summed E-state index contributed by atoms with van der Waals surface area (Å²) in [5.74, 6) is -0.103. The Balaban J connectivity index is 1.52. The molecule has 1 atom stereocenters. The zero-order valence-corrected chi connectivity index (χ0v) is 21.9. The van der Waals surface area contributed by atoms with E-state index in [-0.39, 0.29) is 17.9 Å². The molecule has 1 aliphatic heterocycles. The number of hydrogen-bond donors (Lipinski definition) is 1. The van der Waals surface area contributed by atoms with Crippen molar-refractivity contribution in [1.82, 2.24) is 19.2 Å². The van der Waals surface area contributed by atoms with Gasteiger partial charge in [0.1, 0.15) is 11.6 Å². The molecule has 0 radical (unpaired) electrons. The topological polar surface area (TPSA) is 81.4 Å². The van der Waals surface area contributed by atoms with Crippen LogP contribution in [0, 0.1) is 12.7 Å². The van der Waals surface area contributed by atoms with E-state index < -0.39 is 18.0 Å². The van der Waals surface area contributed by atoms with Crippen molar-refractivity contribution >= 4 is 17.7 Å². The van der Waals surface area contributed by atoms with Crippen molar-refractivity contribution in [2.75, 3.05) is 12.4 Å². The molecule has 0 fully saturated rings. The van der Waals surface area contributed by atoms with Crippen LogP contribution in [0.1, 0.15) is 38.9 Å². The lowest BCUT2D eigenvalue weighted by Gasteiger charge is -2.31. The van der Waals surface area contributed by atoms with Crippen LogP contribution in [-0.2, 0) is 11.3 Å². The number of para-hydroxylation sites is 2. The van der Waals surface area contributed by atoms with Crippen LogP contribution in [0.5, 0.6) is 0 Å². The molecule has 1 aliphatic rings. The highest BCUT2D eigenvalue weighted by Gasteiger charge is 2.36. The number of halogens is 1. The molecule has 200 valence electrons. The molecule has 0 saturated carbocycles. The zero-order chi connectivity index (χ0) is 27.8. The second-order valence-electron chi connectivity index (χ2n) is 9.49. The number of rotatable bonds is 4. The Morgan fingerprint density at radius 1 is 0.950 bits per heavy atom. The quantitative estimate of drug-likeness (QED) is 0.285. The normalized spacial score (nSPS) is 14.2. The van der Waals surface area contributed by atoms with E-state index in [1.165, 1.54) is 19.2 Å². The van der Waals surface area contributed by atoms with Crippen LogP contribution >= 0.6 is 0 Å². The van der Waals surface area contributed by atoms with Crippen LogP contribution < -0.4 is 5.32 Å². The molecule has 3 heterocycles. The van der Waals surface area contributed by atoms with Gasteiger partial charge in [-0.2, -0.15) is 5.10 Å². The van der Waals surface area contributed by atoms with E-state index >= 15 is 0 Å². The molecule has 1 unspecified atom stereocenters. The number of amides is 2. The van der Waals surface area contributed by atoms with Gasteiger partial charge in [0.2, 0.25) is 0 Å². The highest BCUT2D eigenvalue weighted by molar-refractivity contribution is 6.01. The van der Waals surface area contributed by atoms with Crippen LogP contribution in [0.3, 0.4) is 0 Å². The van der Waals surface area contributed by atoms with Crippen molar-refractivity contribution < 1.29 is 18.7 Å². The third kappa shape index (κ3) is 4.31. The Kier molecular flexibility index (Phi) is 6.39. The molecule has 0 saturated heterocycles. The van der Waals surface area contributed by atoms with Gasteiger partial charge < -0.3 is 19.5 Å². The fourth-order valence-corrected chi connectivity index (χ4v) is 5.21. The Morgan fingerprint density at radius 2 is 1.68 bits per heavy atom. The van der Waals surface area contributed by atoms with Crippen LogP contribution in [-0.4, -0.2) is 38.4 Å². The monoisotopic (exact) mass is 535 g/mol. The Hall–Kier alpha value is -5.18. The fraction of sp³-hybridized carbons (Fsp3) is 0.129. The molecule has 6 rings (SSSR count). The molecule has 0 aliphatic carbocycles. The van der Waals surface area contributed by atoms with E-state index in [4.69, 9.17) is 9.84 Å². The molecular formula is C31H26FN5O3. The molecule has 1 N–H and O–H groups in total. The van der Waals surface area contributed by atoms with E-state index in [1.807, 2.05) is 64.8 Å². The number of nitrogens with zero attached hydrogens (tertiary/aromatic N) is 4. The lowest BCUT2D eigenvalue weighted by molar-refractivity contribution is 0.0602. The Morgan fingerprint density at radius 3 is 2.42 bits per heavy atom. The van der Waals surface area contributed by atoms with E-state index in [0.29, 0.717) is 5.69 Å². The van der Waals surface area contributed by atoms with Gasteiger partial charge in [0.15, 0.2) is 0 Å². The van der Waals surface area contributed by atoms with Crippen LogP contribution in [0.25, 0.3) is 11.5 Å². The molecule has 0 spiro atoms. The van der Waals surface area contributed by atoms with Gasteiger partial charge in [-0.15, -0.1) is 0 Å². The molecule has 0 bridgehead atoms. The summed E-state index contributed by atoms with van der Waals surface area (Å²) in [6.45, 7) is 2.13. The first-order chi connectivity index (χ1) is 19.5. The van der Waals surface area contributed by atoms with Gasteiger partial charge in [-0.3, -0.25) is 0 Å². The van der Waals surface area contributed by atoms with Gasteiger partial charge in [0, 0.05) is 11.8 Å². The van der Waals surface area contributed by atoms with Gasteiger partial charge in [0.25, 0.3) is 0 Å². The minimum absolute atomic E-state index is 0.212. The Bertz CT molecular complexity index is 1710. The summed E-state index contributed by atoms with van der Waals surface area (Å²) in [7, 11) is 1.29. The van der Waals surface area contributed by atoms with E-state index in [1.54, 1.807) is 41.3 Å². The average Bonchev–Trinajstić information content (AvgIpc) is 3.54. The first kappa shape index (κ1) is 25.1. The van der Waals surface area contributed by atoms with E-state index in [2.05, 4.69) is 5.32 Å². The second kappa shape index (κ2) is 10.2. The summed E-state index contributed by atoms with van der Waals surface area (Å²) < 4.78 is 22.8. The van der Waals surface area contributed by atoms with Gasteiger partial charge in [-0.05, 0) is 61.0 Å². The third-order valence-corrected chi connectivity index (χ3v) is 7.11. The van der Waals surface area contributed by atoms with Crippen molar-refractivity contribution in [2.24, 2.45) is 0 Å². The van der Waals surface area contributed by atoms with Crippen molar-refractivity contribution in [1.29, 1.82) is 0 Å². The number of urea groups is 1.